The molecule has 0 atom stereocenters. The highest BCUT2D eigenvalue weighted by molar-refractivity contribution is 5.76. The first-order chi connectivity index (χ1) is 14.3. The van der Waals surface area contributed by atoms with E-state index in [1.165, 1.54) is 6.20 Å². The Morgan fingerprint density at radius 1 is 0.966 bits per heavy atom. The Bertz CT molecular complexity index is 1320. The van der Waals surface area contributed by atoms with Gasteiger partial charge < -0.3 is 5.32 Å². The molecule has 2 N–H and O–H groups in total. The van der Waals surface area contributed by atoms with Crippen LogP contribution in [0, 0.1) is 0 Å². The number of H-pyrrole nitrogens is 1. The van der Waals surface area contributed by atoms with Crippen molar-refractivity contribution >= 4 is 17.0 Å². The Kier molecular flexibility index (Phi) is 4.10. The van der Waals surface area contributed by atoms with Crippen LogP contribution >= 0.6 is 0 Å². The molecule has 0 aliphatic heterocycles. The topological polar surface area (TPSA) is 106 Å². The third-order valence-electron chi connectivity index (χ3n) is 4.51. The molecule has 0 fully saturated rings. The Balaban J connectivity index is 1.47. The number of aromatic amines is 1. The maximum absolute atomic E-state index is 12.5. The minimum atomic E-state index is -0.260. The van der Waals surface area contributed by atoms with Gasteiger partial charge in [-0.1, -0.05) is 36.4 Å². The monoisotopic (exact) mass is 384 g/mol. The highest BCUT2D eigenvalue weighted by Gasteiger charge is 2.12. The molecule has 0 saturated carbocycles. The van der Waals surface area contributed by atoms with Crippen molar-refractivity contribution in [1.29, 1.82) is 0 Å². The zero-order valence-corrected chi connectivity index (χ0v) is 15.2. The average Bonchev–Trinajstić information content (AvgIpc) is 3.41. The van der Waals surface area contributed by atoms with Crippen LogP contribution < -0.4 is 10.9 Å². The summed E-state index contributed by atoms with van der Waals surface area (Å²) in [6.07, 6.45) is 3.17. The van der Waals surface area contributed by atoms with Gasteiger partial charge in [-0.05, 0) is 24.3 Å². The Morgan fingerprint density at radius 2 is 1.69 bits per heavy atom. The summed E-state index contributed by atoms with van der Waals surface area (Å²) in [5.74, 6) is 1.03. The first kappa shape index (κ1) is 16.9. The van der Waals surface area contributed by atoms with Gasteiger partial charge in [-0.2, -0.15) is 10.1 Å². The lowest BCUT2D eigenvalue weighted by atomic mass is 10.3. The molecule has 0 saturated heterocycles. The Morgan fingerprint density at radius 3 is 2.45 bits per heavy atom. The van der Waals surface area contributed by atoms with Crippen LogP contribution in [0.3, 0.4) is 0 Å². The van der Waals surface area contributed by atoms with Crippen LogP contribution in [0.15, 0.2) is 78.0 Å². The summed E-state index contributed by atoms with van der Waals surface area (Å²) in [6, 6.07) is 19.3. The summed E-state index contributed by atoms with van der Waals surface area (Å²) < 4.78 is 3.51. The van der Waals surface area contributed by atoms with E-state index >= 15 is 0 Å². The van der Waals surface area contributed by atoms with Crippen molar-refractivity contribution < 1.29 is 0 Å². The minimum Gasteiger partial charge on any atom is -0.348 e. The first-order valence-electron chi connectivity index (χ1n) is 9.01. The molecule has 5 rings (SSSR count). The van der Waals surface area contributed by atoms with Crippen LogP contribution in [0.1, 0.15) is 5.82 Å². The fourth-order valence-corrected chi connectivity index (χ4v) is 3.11. The van der Waals surface area contributed by atoms with Gasteiger partial charge in [0.25, 0.3) is 5.56 Å². The first-order valence-corrected chi connectivity index (χ1v) is 9.01. The molecule has 2 aromatic carbocycles. The van der Waals surface area contributed by atoms with E-state index in [4.69, 9.17) is 0 Å². The molecule has 142 valence electrons. The van der Waals surface area contributed by atoms with E-state index in [2.05, 4.69) is 30.6 Å². The van der Waals surface area contributed by atoms with E-state index < -0.39 is 0 Å². The number of rotatable bonds is 5. The SMILES string of the molecule is O=c1[nH]c(NCc2nncn2-c2ccccc2)nc2c1cnn2-c1ccccc1. The maximum Gasteiger partial charge on any atom is 0.263 e. The molecular weight excluding hydrogens is 368 g/mol. The van der Waals surface area contributed by atoms with E-state index in [-0.39, 0.29) is 5.56 Å². The maximum atomic E-state index is 12.5. The lowest BCUT2D eigenvalue weighted by Crippen LogP contribution is -2.15. The van der Waals surface area contributed by atoms with Crippen LogP contribution in [0.4, 0.5) is 5.95 Å². The van der Waals surface area contributed by atoms with Crippen LogP contribution in [0.25, 0.3) is 22.4 Å². The number of fused-ring (bicyclic) bond motifs is 1. The van der Waals surface area contributed by atoms with Gasteiger partial charge in [0.05, 0.1) is 18.4 Å². The lowest BCUT2D eigenvalue weighted by molar-refractivity contribution is 0.871. The van der Waals surface area contributed by atoms with Gasteiger partial charge in [0.1, 0.15) is 11.7 Å². The molecule has 0 bridgehead atoms. The van der Waals surface area contributed by atoms with Gasteiger partial charge in [0.2, 0.25) is 5.95 Å². The van der Waals surface area contributed by atoms with Crippen molar-refractivity contribution in [3.8, 4) is 11.4 Å². The average molecular weight is 384 g/mol. The Labute approximate surface area is 164 Å². The van der Waals surface area contributed by atoms with Crippen molar-refractivity contribution in [3.63, 3.8) is 0 Å². The molecule has 0 unspecified atom stereocenters. The number of para-hydroxylation sites is 2. The summed E-state index contributed by atoms with van der Waals surface area (Å²) >= 11 is 0. The predicted octanol–water partition coefficient (Wildman–Crippen LogP) is 2.30. The highest BCUT2D eigenvalue weighted by Crippen LogP contribution is 2.15. The van der Waals surface area contributed by atoms with Gasteiger partial charge in [-0.3, -0.25) is 14.3 Å². The van der Waals surface area contributed by atoms with Gasteiger partial charge in [0, 0.05) is 5.69 Å². The third-order valence-corrected chi connectivity index (χ3v) is 4.51. The smallest absolute Gasteiger partial charge is 0.263 e. The van der Waals surface area contributed by atoms with Crippen LogP contribution in [-0.4, -0.2) is 34.5 Å². The second kappa shape index (κ2) is 7.04. The number of anilines is 1. The second-order valence-corrected chi connectivity index (χ2v) is 6.35. The lowest BCUT2D eigenvalue weighted by Gasteiger charge is -2.08. The molecule has 9 nitrogen and oxygen atoms in total. The zero-order chi connectivity index (χ0) is 19.6. The van der Waals surface area contributed by atoms with E-state index in [1.807, 2.05) is 65.2 Å². The predicted molar refractivity (Wildman–Crippen MR) is 108 cm³/mol. The highest BCUT2D eigenvalue weighted by atomic mass is 16.1. The van der Waals surface area contributed by atoms with Gasteiger partial charge in [0.15, 0.2) is 11.5 Å². The fourth-order valence-electron chi connectivity index (χ4n) is 3.11. The molecule has 5 aromatic rings. The number of hydrogen-bond donors (Lipinski definition) is 2. The van der Waals surface area contributed by atoms with Gasteiger partial charge in [-0.15, -0.1) is 10.2 Å². The van der Waals surface area contributed by atoms with Crippen molar-refractivity contribution in [2.75, 3.05) is 5.32 Å². The number of nitrogens with one attached hydrogen (secondary N) is 2. The van der Waals surface area contributed by atoms with Crippen molar-refractivity contribution in [2.45, 2.75) is 6.54 Å². The quantitative estimate of drug-likeness (QED) is 0.482. The van der Waals surface area contributed by atoms with Crippen molar-refractivity contribution in [3.05, 3.63) is 89.4 Å². The molecule has 0 aliphatic carbocycles. The molecular formula is C20H16N8O. The number of hydrogen-bond acceptors (Lipinski definition) is 6. The molecule has 3 heterocycles. The fraction of sp³-hybridized carbons (Fsp3) is 0.0500. The zero-order valence-electron chi connectivity index (χ0n) is 15.2. The summed E-state index contributed by atoms with van der Waals surface area (Å²) in [5, 5.41) is 16.0. The van der Waals surface area contributed by atoms with Crippen molar-refractivity contribution in [2.24, 2.45) is 0 Å². The molecule has 29 heavy (non-hydrogen) atoms. The molecule has 0 aliphatic rings. The van der Waals surface area contributed by atoms with Crippen LogP contribution in [0.2, 0.25) is 0 Å². The van der Waals surface area contributed by atoms with Crippen molar-refractivity contribution in [1.82, 2.24) is 34.5 Å². The second-order valence-electron chi connectivity index (χ2n) is 6.35. The van der Waals surface area contributed by atoms with E-state index in [0.29, 0.717) is 29.4 Å². The largest absolute Gasteiger partial charge is 0.348 e. The van der Waals surface area contributed by atoms with Crippen LogP contribution in [0.5, 0.6) is 0 Å². The van der Waals surface area contributed by atoms with E-state index in [0.717, 1.165) is 11.4 Å². The summed E-state index contributed by atoms with van der Waals surface area (Å²) in [4.78, 5) is 19.8. The number of aromatic nitrogens is 7. The van der Waals surface area contributed by atoms with Crippen LogP contribution in [-0.2, 0) is 6.54 Å². The van der Waals surface area contributed by atoms with Gasteiger partial charge in [-0.25, -0.2) is 4.68 Å². The summed E-state index contributed by atoms with van der Waals surface area (Å²) in [5.41, 5.74) is 2.00. The standard InChI is InChI=1S/C20H16N8O/c29-19-16-11-23-28(15-9-5-2-6-10-15)18(16)24-20(25-19)21-12-17-26-22-13-27(17)14-7-3-1-4-8-14/h1-11,13H,12H2,(H2,21,24,25,29). The third kappa shape index (κ3) is 3.14. The normalized spacial score (nSPS) is 11.0. The van der Waals surface area contributed by atoms with E-state index in [1.54, 1.807) is 11.0 Å². The molecule has 9 heteroatoms. The molecule has 0 radical (unpaired) electrons. The molecule has 0 spiro atoms. The number of nitrogens with zero attached hydrogens (tertiary/aromatic N) is 6. The minimum absolute atomic E-state index is 0.260. The number of benzene rings is 2. The van der Waals surface area contributed by atoms with E-state index in [9.17, 15) is 4.79 Å². The van der Waals surface area contributed by atoms with Gasteiger partial charge >= 0.3 is 0 Å². The molecule has 3 aromatic heterocycles. The Hall–Kier alpha value is -4.27. The molecule has 0 amide bonds. The summed E-state index contributed by atoms with van der Waals surface area (Å²) in [7, 11) is 0. The summed E-state index contributed by atoms with van der Waals surface area (Å²) in [6.45, 7) is 0.336.